The summed E-state index contributed by atoms with van der Waals surface area (Å²) in [6.07, 6.45) is 3.17. The average Bonchev–Trinajstić information content (AvgIpc) is 2.77. The van der Waals surface area contributed by atoms with Crippen LogP contribution >= 0.6 is 0 Å². The van der Waals surface area contributed by atoms with Gasteiger partial charge < -0.3 is 0 Å². The van der Waals surface area contributed by atoms with Gasteiger partial charge in [-0.2, -0.15) is 0 Å². The van der Waals surface area contributed by atoms with E-state index in [2.05, 4.69) is 13.8 Å². The van der Waals surface area contributed by atoms with E-state index in [1.165, 1.54) is 17.8 Å². The highest BCUT2D eigenvalue weighted by atomic mass is 15.3. The molecule has 0 aromatic heterocycles. The summed E-state index contributed by atoms with van der Waals surface area (Å²) in [5.74, 6) is 4.87. The Balaban J connectivity index is 1.81. The molecule has 58 valence electrons. The summed E-state index contributed by atoms with van der Waals surface area (Å²) >= 11 is 0. The lowest BCUT2D eigenvalue weighted by molar-refractivity contribution is 0.0403. The van der Waals surface area contributed by atoms with Crippen LogP contribution in [0.5, 0.6) is 0 Å². The number of hydrogen-bond acceptors (Lipinski definition) is 0. The highest BCUT2D eigenvalue weighted by Gasteiger charge is 3.23. The third kappa shape index (κ3) is 0.166. The average molecular weight is 146 g/mol. The van der Waals surface area contributed by atoms with E-state index < -0.39 is 0 Å². The second-order valence-corrected chi connectivity index (χ2v) is 6.13. The van der Waals surface area contributed by atoms with Crippen LogP contribution in [-0.2, 0) is 0 Å². The van der Waals surface area contributed by atoms with Crippen molar-refractivity contribution in [3.63, 3.8) is 0 Å². The van der Waals surface area contributed by atoms with Gasteiger partial charge in [0.15, 0.2) is 0 Å². The summed E-state index contributed by atoms with van der Waals surface area (Å²) < 4.78 is 0. The molecule has 0 aliphatic heterocycles. The second kappa shape index (κ2) is 0.791. The maximum Gasteiger partial charge on any atom is -0.0125 e. The lowest BCUT2D eigenvalue weighted by Gasteiger charge is -2.43. The van der Waals surface area contributed by atoms with Gasteiger partial charge in [0, 0.05) is 0 Å². The topological polar surface area (TPSA) is 0 Å². The molecule has 6 aliphatic rings. The molecule has 0 heterocycles. The van der Waals surface area contributed by atoms with Crippen LogP contribution in [0.2, 0.25) is 0 Å². The maximum atomic E-state index is 2.59. The molecule has 11 heavy (non-hydrogen) atoms. The molecule has 0 heteroatoms. The van der Waals surface area contributed by atoms with Gasteiger partial charge in [-0.05, 0) is 52.8 Å². The monoisotopic (exact) mass is 146 g/mol. The molecule has 0 N–H and O–H groups in total. The van der Waals surface area contributed by atoms with Crippen molar-refractivity contribution in [2.45, 2.75) is 26.7 Å². The fourth-order valence-corrected chi connectivity index (χ4v) is 6.70. The minimum atomic E-state index is 0.945. The van der Waals surface area contributed by atoms with Crippen LogP contribution < -0.4 is 0 Å². The van der Waals surface area contributed by atoms with E-state index in [0.29, 0.717) is 0 Å². The van der Waals surface area contributed by atoms with Gasteiger partial charge in [0.05, 0.1) is 0 Å². The van der Waals surface area contributed by atoms with Gasteiger partial charge >= 0.3 is 0 Å². The fraction of sp³-hybridized carbons (Fsp3) is 1.00. The third-order valence-corrected chi connectivity index (χ3v) is 6.77. The van der Waals surface area contributed by atoms with E-state index in [-0.39, 0.29) is 0 Å². The third-order valence-electron chi connectivity index (χ3n) is 6.77. The molecular formula is C11H14. The molecule has 2 spiro atoms. The van der Waals surface area contributed by atoms with E-state index in [4.69, 9.17) is 0 Å². The highest BCUT2D eigenvalue weighted by molar-refractivity contribution is 5.69. The van der Waals surface area contributed by atoms with Gasteiger partial charge in [-0.25, -0.2) is 0 Å². The van der Waals surface area contributed by atoms with Crippen molar-refractivity contribution in [3.05, 3.63) is 0 Å². The Morgan fingerprint density at radius 1 is 1.36 bits per heavy atom. The van der Waals surface area contributed by atoms with Crippen LogP contribution in [-0.4, -0.2) is 0 Å². The van der Waals surface area contributed by atoms with E-state index in [0.717, 1.165) is 22.2 Å². The molecule has 0 nitrogen and oxygen atoms in total. The minimum absolute atomic E-state index is 0.945. The molecule has 6 fully saturated rings. The van der Waals surface area contributed by atoms with Crippen LogP contribution in [0.4, 0.5) is 0 Å². The molecule has 7 atom stereocenters. The van der Waals surface area contributed by atoms with Crippen LogP contribution in [0.15, 0.2) is 0 Å². The van der Waals surface area contributed by atoms with Gasteiger partial charge in [-0.15, -0.1) is 0 Å². The summed E-state index contributed by atoms with van der Waals surface area (Å²) in [5, 5.41) is 0. The van der Waals surface area contributed by atoms with Crippen molar-refractivity contribution < 1.29 is 0 Å². The zero-order valence-corrected chi connectivity index (χ0v) is 7.22. The van der Waals surface area contributed by atoms with Crippen molar-refractivity contribution in [2.24, 2.45) is 39.9 Å². The fourth-order valence-electron chi connectivity index (χ4n) is 6.70. The predicted molar refractivity (Wildman–Crippen MR) is 41.8 cm³/mol. The van der Waals surface area contributed by atoms with E-state index in [1.54, 1.807) is 12.8 Å². The lowest BCUT2D eigenvalue weighted by atomic mass is 9.61. The largest absolute Gasteiger partial charge is 0.0622 e. The summed E-state index contributed by atoms with van der Waals surface area (Å²) in [6, 6.07) is 0. The van der Waals surface area contributed by atoms with Crippen LogP contribution in [0.25, 0.3) is 0 Å². The Bertz CT molecular complexity index is 320. The van der Waals surface area contributed by atoms with E-state index in [9.17, 15) is 0 Å². The summed E-state index contributed by atoms with van der Waals surface area (Å²) in [5.41, 5.74) is 2.95. The van der Waals surface area contributed by atoms with E-state index in [1.807, 2.05) is 0 Å². The van der Waals surface area contributed by atoms with E-state index >= 15 is 0 Å². The van der Waals surface area contributed by atoms with Gasteiger partial charge in [0.1, 0.15) is 0 Å². The quantitative estimate of drug-likeness (QED) is 0.492. The molecule has 0 saturated heterocycles. The van der Waals surface area contributed by atoms with Crippen molar-refractivity contribution in [1.29, 1.82) is 0 Å². The maximum absolute atomic E-state index is 2.59. The first-order valence-corrected chi connectivity index (χ1v) is 5.24. The predicted octanol–water partition coefficient (Wildman–Crippen LogP) is 2.30. The molecule has 6 rings (SSSR count). The Labute approximate surface area is 67.4 Å². The first kappa shape index (κ1) is 4.89. The second-order valence-electron chi connectivity index (χ2n) is 6.13. The van der Waals surface area contributed by atoms with Crippen LogP contribution in [0.3, 0.4) is 0 Å². The number of hydrogen-bond donors (Lipinski definition) is 0. The zero-order valence-electron chi connectivity index (χ0n) is 7.22. The highest BCUT2D eigenvalue weighted by Crippen LogP contribution is 3.26. The standard InChI is InChI=1S/C11H14/c1-5-3-4-10-7-6(5)11(7)8(10)9(10,11)2/h5-8H,3-4H2,1-2H3. The summed E-state index contributed by atoms with van der Waals surface area (Å²) in [6.45, 7) is 5.09. The van der Waals surface area contributed by atoms with Gasteiger partial charge in [0.25, 0.3) is 0 Å². The first-order valence-electron chi connectivity index (χ1n) is 5.24. The van der Waals surface area contributed by atoms with Crippen LogP contribution in [0.1, 0.15) is 26.7 Å². The van der Waals surface area contributed by atoms with Crippen molar-refractivity contribution >= 4 is 0 Å². The normalized spacial score (nSPS) is 96.5. The lowest BCUT2D eigenvalue weighted by Crippen LogP contribution is -2.38. The summed E-state index contributed by atoms with van der Waals surface area (Å²) in [7, 11) is 0. The number of rotatable bonds is 0. The van der Waals surface area contributed by atoms with Gasteiger partial charge in [0.2, 0.25) is 0 Å². The van der Waals surface area contributed by atoms with Gasteiger partial charge in [-0.3, -0.25) is 0 Å². The molecule has 0 aromatic carbocycles. The Morgan fingerprint density at radius 2 is 2.09 bits per heavy atom. The molecule has 7 unspecified atom stereocenters. The smallest absolute Gasteiger partial charge is 0.0125 e. The van der Waals surface area contributed by atoms with Gasteiger partial charge in [-0.1, -0.05) is 13.8 Å². The molecule has 6 aliphatic carbocycles. The minimum Gasteiger partial charge on any atom is -0.0622 e. The van der Waals surface area contributed by atoms with Crippen LogP contribution in [0, 0.1) is 39.9 Å². The Morgan fingerprint density at radius 3 is 2.73 bits per heavy atom. The molecule has 0 aromatic rings. The van der Waals surface area contributed by atoms with Crippen molar-refractivity contribution in [3.8, 4) is 0 Å². The first-order chi connectivity index (χ1) is 5.24. The Hall–Kier alpha value is 0. The molecule has 2 bridgehead atoms. The molecule has 0 amide bonds. The van der Waals surface area contributed by atoms with Crippen molar-refractivity contribution in [1.82, 2.24) is 0 Å². The van der Waals surface area contributed by atoms with Crippen molar-refractivity contribution in [2.75, 3.05) is 0 Å². The Kier molecular flexibility index (Phi) is 0.352. The summed E-state index contributed by atoms with van der Waals surface area (Å²) in [4.78, 5) is 0. The molecule has 6 saturated carbocycles. The molecular weight excluding hydrogens is 132 g/mol. The molecule has 0 radical (unpaired) electrons. The SMILES string of the molecule is CC1CCC23C4C1C41C2C31C. The zero-order chi connectivity index (χ0) is 7.22.